The molecule has 1 radical (unpaired) electrons. The number of nitrogens with zero attached hydrogens (tertiary/aromatic N) is 1. The van der Waals surface area contributed by atoms with Gasteiger partial charge in [-0.25, -0.2) is 0 Å². The fourth-order valence-electron chi connectivity index (χ4n) is 2.16. The summed E-state index contributed by atoms with van der Waals surface area (Å²) < 4.78 is 0. The van der Waals surface area contributed by atoms with Gasteiger partial charge in [0.2, 0.25) is 0 Å². The zero-order valence-electron chi connectivity index (χ0n) is 12.0. The summed E-state index contributed by atoms with van der Waals surface area (Å²) in [7, 11) is 1.84. The van der Waals surface area contributed by atoms with E-state index in [0.29, 0.717) is 0 Å². The Morgan fingerprint density at radius 1 is 0.950 bits per heavy atom. The number of aliphatic imine (C=N–C) groups is 1. The summed E-state index contributed by atoms with van der Waals surface area (Å²) in [4.78, 5) is 4.50. The smallest absolute Gasteiger partial charge is 0.0307 e. The number of benzene rings is 2. The average Bonchev–Trinajstić information content (AvgIpc) is 2.46. The summed E-state index contributed by atoms with van der Waals surface area (Å²) in [6.45, 7) is 4.23. The molecule has 0 atom stereocenters. The van der Waals surface area contributed by atoms with Crippen LogP contribution in [0.15, 0.2) is 65.2 Å². The summed E-state index contributed by atoms with van der Waals surface area (Å²) in [5.41, 5.74) is 5.65. The second-order valence-corrected chi connectivity index (χ2v) is 4.59. The summed E-state index contributed by atoms with van der Waals surface area (Å²) in [6, 6.07) is 21.6. The summed E-state index contributed by atoms with van der Waals surface area (Å²) >= 11 is 0. The van der Waals surface area contributed by atoms with Crippen molar-refractivity contribution in [2.24, 2.45) is 4.99 Å². The molecule has 0 unspecified atom stereocenters. The van der Waals surface area contributed by atoms with Crippen molar-refractivity contribution in [3.05, 3.63) is 77.4 Å². The minimum absolute atomic E-state index is 0. The first-order chi connectivity index (χ1) is 9.24. The molecule has 20 heavy (non-hydrogen) atoms. The Bertz CT molecular complexity index is 594. The van der Waals surface area contributed by atoms with Gasteiger partial charge >= 0.3 is 0 Å². The zero-order chi connectivity index (χ0) is 13.7. The van der Waals surface area contributed by atoms with Gasteiger partial charge in [-0.15, -0.1) is 41.5 Å². The van der Waals surface area contributed by atoms with Gasteiger partial charge in [-0.05, 0) is 5.56 Å². The molecule has 2 rings (SSSR count). The Balaban J connectivity index is 0.00000200. The minimum atomic E-state index is 0. The monoisotopic (exact) mass is 441 g/mol. The van der Waals surface area contributed by atoms with Crippen LogP contribution in [0.5, 0.6) is 0 Å². The van der Waals surface area contributed by atoms with Gasteiger partial charge in [-0.3, -0.25) is 4.99 Å². The van der Waals surface area contributed by atoms with Gasteiger partial charge in [0.1, 0.15) is 0 Å². The average molecular weight is 441 g/mol. The molecule has 0 amide bonds. The molecular formula is C18H18IrN-. The second kappa shape index (κ2) is 7.94. The van der Waals surface area contributed by atoms with Crippen molar-refractivity contribution in [2.75, 3.05) is 7.05 Å². The Morgan fingerprint density at radius 2 is 1.60 bits per heavy atom. The van der Waals surface area contributed by atoms with E-state index in [0.717, 1.165) is 22.4 Å². The van der Waals surface area contributed by atoms with Gasteiger partial charge < -0.3 is 0 Å². The summed E-state index contributed by atoms with van der Waals surface area (Å²) in [5, 5.41) is 0. The molecule has 105 valence electrons. The van der Waals surface area contributed by atoms with Crippen LogP contribution in [0.1, 0.15) is 25.0 Å². The molecule has 2 aromatic carbocycles. The molecule has 0 spiro atoms. The molecule has 2 heteroatoms. The normalized spacial score (nSPS) is 10.7. The van der Waals surface area contributed by atoms with Gasteiger partial charge in [-0.2, -0.15) is 0 Å². The molecule has 0 fully saturated rings. The van der Waals surface area contributed by atoms with Crippen LogP contribution in [-0.4, -0.2) is 12.8 Å². The van der Waals surface area contributed by atoms with E-state index in [2.05, 4.69) is 43.1 Å². The van der Waals surface area contributed by atoms with Crippen LogP contribution in [0.3, 0.4) is 0 Å². The fraction of sp³-hybridized carbons (Fsp3) is 0.167. The largest absolute Gasteiger partial charge is 0.297 e. The van der Waals surface area contributed by atoms with Crippen LogP contribution < -0.4 is 0 Å². The van der Waals surface area contributed by atoms with Crippen molar-refractivity contribution >= 4 is 11.3 Å². The molecule has 0 aliphatic rings. The fourth-order valence-corrected chi connectivity index (χ4v) is 2.16. The van der Waals surface area contributed by atoms with E-state index < -0.39 is 0 Å². The topological polar surface area (TPSA) is 12.4 Å². The zero-order valence-corrected chi connectivity index (χ0v) is 14.4. The molecule has 0 aliphatic carbocycles. The van der Waals surface area contributed by atoms with Crippen LogP contribution in [0.4, 0.5) is 0 Å². The molecule has 0 N–H and O–H groups in total. The Morgan fingerprint density at radius 3 is 2.10 bits per heavy atom. The van der Waals surface area contributed by atoms with Crippen molar-refractivity contribution in [1.29, 1.82) is 0 Å². The quantitative estimate of drug-likeness (QED) is 0.496. The van der Waals surface area contributed by atoms with E-state index in [1.807, 2.05) is 43.4 Å². The predicted octanol–water partition coefficient (Wildman–Crippen LogP) is 4.40. The molecule has 1 nitrogen and oxygen atoms in total. The van der Waals surface area contributed by atoms with Crippen LogP contribution in [-0.2, 0) is 20.1 Å². The third-order valence-electron chi connectivity index (χ3n) is 2.99. The van der Waals surface area contributed by atoms with Crippen molar-refractivity contribution in [1.82, 2.24) is 0 Å². The summed E-state index contributed by atoms with van der Waals surface area (Å²) in [6.07, 6.45) is 0. The number of allylic oxidation sites excluding steroid dienone is 2. The van der Waals surface area contributed by atoms with E-state index in [-0.39, 0.29) is 20.1 Å². The molecule has 0 bridgehead atoms. The van der Waals surface area contributed by atoms with Gasteiger partial charge in [-0.1, -0.05) is 49.8 Å². The standard InChI is InChI=1S/C18H18N.Ir/c1-14(2)17(15-10-6-4-7-11-15)18(19-3)16-12-8-5-9-13-16;/h4-10,12-13H,1-3H3;/q-1;. The Kier molecular flexibility index (Phi) is 6.57. The minimum Gasteiger partial charge on any atom is -0.297 e. The van der Waals surface area contributed by atoms with Gasteiger partial charge in [0.25, 0.3) is 0 Å². The summed E-state index contributed by atoms with van der Waals surface area (Å²) in [5.74, 6) is 0. The molecule has 0 heterocycles. The molecule has 2 aromatic rings. The number of hydrogen-bond donors (Lipinski definition) is 0. The second-order valence-electron chi connectivity index (χ2n) is 4.59. The maximum Gasteiger partial charge on any atom is 0.0307 e. The van der Waals surface area contributed by atoms with E-state index in [4.69, 9.17) is 0 Å². The molecule has 0 aromatic heterocycles. The molecule has 0 saturated carbocycles. The van der Waals surface area contributed by atoms with Crippen molar-refractivity contribution in [2.45, 2.75) is 13.8 Å². The van der Waals surface area contributed by atoms with Gasteiger partial charge in [0.15, 0.2) is 0 Å². The van der Waals surface area contributed by atoms with E-state index in [1.165, 1.54) is 5.57 Å². The first-order valence-electron chi connectivity index (χ1n) is 6.41. The third-order valence-corrected chi connectivity index (χ3v) is 2.99. The van der Waals surface area contributed by atoms with E-state index in [9.17, 15) is 0 Å². The SMILES string of the molecule is CN=C(C(=C(C)C)c1[c-]cccc1)c1ccccc1.[Ir]. The van der Waals surface area contributed by atoms with Crippen LogP contribution in [0, 0.1) is 6.07 Å². The number of rotatable bonds is 3. The van der Waals surface area contributed by atoms with Crippen LogP contribution >= 0.6 is 0 Å². The number of hydrogen-bond acceptors (Lipinski definition) is 1. The van der Waals surface area contributed by atoms with Gasteiger partial charge in [0, 0.05) is 32.9 Å². The van der Waals surface area contributed by atoms with Crippen LogP contribution in [0.2, 0.25) is 0 Å². The first kappa shape index (κ1) is 16.6. The Labute approximate surface area is 134 Å². The van der Waals surface area contributed by atoms with E-state index in [1.54, 1.807) is 0 Å². The molecule has 0 aliphatic heterocycles. The van der Waals surface area contributed by atoms with Gasteiger partial charge in [0.05, 0.1) is 0 Å². The maximum absolute atomic E-state index is 4.50. The van der Waals surface area contributed by atoms with Crippen molar-refractivity contribution in [3.8, 4) is 0 Å². The van der Waals surface area contributed by atoms with Crippen molar-refractivity contribution in [3.63, 3.8) is 0 Å². The Hall–Kier alpha value is -1.50. The molecular weight excluding hydrogens is 422 g/mol. The first-order valence-corrected chi connectivity index (χ1v) is 6.41. The van der Waals surface area contributed by atoms with Crippen molar-refractivity contribution < 1.29 is 20.1 Å². The maximum atomic E-state index is 4.50. The van der Waals surface area contributed by atoms with Crippen LogP contribution in [0.25, 0.3) is 5.57 Å². The molecule has 0 saturated heterocycles. The van der Waals surface area contributed by atoms with E-state index >= 15 is 0 Å². The third kappa shape index (κ3) is 3.75. The predicted molar refractivity (Wildman–Crippen MR) is 82.4 cm³/mol.